The van der Waals surface area contributed by atoms with E-state index < -0.39 is 23.6 Å². The highest BCUT2D eigenvalue weighted by Gasteiger charge is 2.33. The molecule has 9 nitrogen and oxygen atoms in total. The molecular weight excluding hydrogens is 292 g/mol. The topological polar surface area (TPSA) is 106 Å². The number of hydrogen-bond donors (Lipinski definition) is 1. The number of nitrogens with zero attached hydrogens (tertiary/aromatic N) is 4. The molecule has 0 bridgehead atoms. The molecule has 3 rings (SSSR count). The maximum atomic E-state index is 12.3. The number of pyridine rings is 1. The average Bonchev–Trinajstić information content (AvgIpc) is 2.84. The Morgan fingerprint density at radius 3 is 2.95 bits per heavy atom. The van der Waals surface area contributed by atoms with Crippen LogP contribution in [0.25, 0.3) is 5.65 Å². The first-order chi connectivity index (χ1) is 10.6. The van der Waals surface area contributed by atoms with E-state index in [0.717, 1.165) is 4.68 Å². The van der Waals surface area contributed by atoms with Crippen molar-refractivity contribution in [2.75, 3.05) is 19.8 Å². The van der Waals surface area contributed by atoms with E-state index in [9.17, 15) is 14.4 Å². The zero-order chi connectivity index (χ0) is 15.7. The molecule has 1 unspecified atom stereocenters. The normalized spacial score (nSPS) is 18.5. The second-order valence-corrected chi connectivity index (χ2v) is 4.89. The Hall–Kier alpha value is -2.68. The maximum absolute atomic E-state index is 12.3. The molecule has 3 heterocycles. The molecule has 1 aliphatic rings. The smallest absolute Gasteiger partial charge is 0.350 e. The fraction of sp³-hybridized carbons (Fsp3) is 0.385. The number of carboxylic acid groups (broad SMARTS) is 1. The summed E-state index contributed by atoms with van der Waals surface area (Å²) in [6, 6.07) is 4.03. The Balaban J connectivity index is 1.84. The summed E-state index contributed by atoms with van der Waals surface area (Å²) >= 11 is 0. The van der Waals surface area contributed by atoms with Crippen molar-refractivity contribution in [3.63, 3.8) is 0 Å². The van der Waals surface area contributed by atoms with Crippen LogP contribution in [-0.4, -0.2) is 61.9 Å². The minimum Gasteiger partial charge on any atom is -0.480 e. The van der Waals surface area contributed by atoms with E-state index in [4.69, 9.17) is 9.84 Å². The Kier molecular flexibility index (Phi) is 3.63. The Bertz CT molecular complexity index is 780. The molecule has 0 spiro atoms. The molecule has 1 N–H and O–H groups in total. The molecule has 0 aromatic carbocycles. The number of carbonyl (C=O) groups excluding carboxylic acids is 1. The number of morpholine rings is 1. The molecule has 2 aromatic heterocycles. The third kappa shape index (κ3) is 2.46. The predicted molar refractivity (Wildman–Crippen MR) is 73.4 cm³/mol. The van der Waals surface area contributed by atoms with Gasteiger partial charge in [0.25, 0.3) is 0 Å². The second kappa shape index (κ2) is 5.60. The van der Waals surface area contributed by atoms with E-state index in [-0.39, 0.29) is 26.3 Å². The number of aromatic nitrogens is 3. The number of carbonyl (C=O) groups is 2. The summed E-state index contributed by atoms with van der Waals surface area (Å²) in [7, 11) is 0. The fourth-order valence-electron chi connectivity index (χ4n) is 2.40. The molecule has 2 aromatic rings. The number of rotatable bonds is 3. The molecule has 1 aliphatic heterocycles. The summed E-state index contributed by atoms with van der Waals surface area (Å²) in [4.78, 5) is 36.8. The zero-order valence-electron chi connectivity index (χ0n) is 11.6. The standard InChI is InChI=1S/C13H14N4O5/c18-11(15-5-6-22-8-9(15)12(19)20)7-17-13(21)16-4-2-1-3-10(16)14-17/h1-4,9H,5-8H2,(H,19,20). The fourth-order valence-corrected chi connectivity index (χ4v) is 2.40. The van der Waals surface area contributed by atoms with E-state index in [1.807, 2.05) is 0 Å². The van der Waals surface area contributed by atoms with Crippen molar-refractivity contribution >= 4 is 17.5 Å². The lowest BCUT2D eigenvalue weighted by Crippen LogP contribution is -2.53. The summed E-state index contributed by atoms with van der Waals surface area (Å²) in [5.41, 5.74) is -0.0128. The van der Waals surface area contributed by atoms with Crippen molar-refractivity contribution in [1.82, 2.24) is 19.1 Å². The third-order valence-corrected chi connectivity index (χ3v) is 3.51. The number of carboxylic acids is 1. The van der Waals surface area contributed by atoms with Gasteiger partial charge in [-0.2, -0.15) is 0 Å². The van der Waals surface area contributed by atoms with E-state index in [0.29, 0.717) is 5.65 Å². The maximum Gasteiger partial charge on any atom is 0.350 e. The summed E-state index contributed by atoms with van der Waals surface area (Å²) in [6.45, 7) is 0.0962. The third-order valence-electron chi connectivity index (χ3n) is 3.51. The van der Waals surface area contributed by atoms with Gasteiger partial charge in [-0.15, -0.1) is 5.10 Å². The van der Waals surface area contributed by atoms with E-state index in [2.05, 4.69) is 5.10 Å². The molecule has 1 fully saturated rings. The van der Waals surface area contributed by atoms with Gasteiger partial charge in [0.2, 0.25) is 5.91 Å². The molecule has 0 aliphatic carbocycles. The first kappa shape index (κ1) is 14.3. The summed E-state index contributed by atoms with van der Waals surface area (Å²) in [5.74, 6) is -1.60. The molecular formula is C13H14N4O5. The van der Waals surface area contributed by atoms with Crippen molar-refractivity contribution in [1.29, 1.82) is 0 Å². The first-order valence-electron chi connectivity index (χ1n) is 6.72. The molecule has 1 saturated heterocycles. The molecule has 0 radical (unpaired) electrons. The van der Waals surface area contributed by atoms with Gasteiger partial charge >= 0.3 is 11.7 Å². The Labute approximate surface area is 124 Å². The Morgan fingerprint density at radius 1 is 1.41 bits per heavy atom. The van der Waals surface area contributed by atoms with Crippen molar-refractivity contribution in [2.24, 2.45) is 0 Å². The van der Waals surface area contributed by atoms with Gasteiger partial charge in [-0.25, -0.2) is 14.3 Å². The van der Waals surface area contributed by atoms with Crippen molar-refractivity contribution in [2.45, 2.75) is 12.6 Å². The van der Waals surface area contributed by atoms with Gasteiger partial charge < -0.3 is 14.7 Å². The molecule has 1 amide bonds. The lowest BCUT2D eigenvalue weighted by molar-refractivity contribution is -0.158. The first-order valence-corrected chi connectivity index (χ1v) is 6.72. The van der Waals surface area contributed by atoms with E-state index >= 15 is 0 Å². The van der Waals surface area contributed by atoms with Gasteiger partial charge in [-0.1, -0.05) is 6.07 Å². The van der Waals surface area contributed by atoms with Crippen LogP contribution in [0.2, 0.25) is 0 Å². The van der Waals surface area contributed by atoms with Gasteiger partial charge in [0.1, 0.15) is 6.54 Å². The number of ether oxygens (including phenoxy) is 1. The largest absolute Gasteiger partial charge is 0.480 e. The lowest BCUT2D eigenvalue weighted by Gasteiger charge is -2.32. The minimum atomic E-state index is -1.13. The minimum absolute atomic E-state index is 0.0544. The monoisotopic (exact) mass is 306 g/mol. The van der Waals surface area contributed by atoms with Crippen molar-refractivity contribution < 1.29 is 19.4 Å². The van der Waals surface area contributed by atoms with Crippen LogP contribution in [0.15, 0.2) is 29.2 Å². The number of amides is 1. The zero-order valence-corrected chi connectivity index (χ0v) is 11.6. The highest BCUT2D eigenvalue weighted by atomic mass is 16.5. The van der Waals surface area contributed by atoms with Crippen LogP contribution >= 0.6 is 0 Å². The number of fused-ring (bicyclic) bond motifs is 1. The second-order valence-electron chi connectivity index (χ2n) is 4.89. The van der Waals surface area contributed by atoms with Crippen LogP contribution in [0, 0.1) is 0 Å². The summed E-state index contributed by atoms with van der Waals surface area (Å²) in [6.07, 6.45) is 1.56. The van der Waals surface area contributed by atoms with Crippen LogP contribution in [0.3, 0.4) is 0 Å². The highest BCUT2D eigenvalue weighted by Crippen LogP contribution is 2.08. The predicted octanol–water partition coefficient (Wildman–Crippen LogP) is -1.19. The van der Waals surface area contributed by atoms with E-state index in [1.165, 1.54) is 9.30 Å². The summed E-state index contributed by atoms with van der Waals surface area (Å²) in [5, 5.41) is 13.2. The summed E-state index contributed by atoms with van der Waals surface area (Å²) < 4.78 is 7.44. The van der Waals surface area contributed by atoms with Gasteiger partial charge in [-0.05, 0) is 12.1 Å². The van der Waals surface area contributed by atoms with Gasteiger partial charge in [0, 0.05) is 12.7 Å². The van der Waals surface area contributed by atoms with Crippen molar-refractivity contribution in [3.8, 4) is 0 Å². The number of aliphatic carboxylic acids is 1. The Morgan fingerprint density at radius 2 is 2.23 bits per heavy atom. The SMILES string of the molecule is O=C(O)C1COCCN1C(=O)Cn1nc2ccccn2c1=O. The van der Waals surface area contributed by atoms with Gasteiger partial charge in [-0.3, -0.25) is 9.20 Å². The van der Waals surface area contributed by atoms with E-state index in [1.54, 1.807) is 24.4 Å². The molecule has 9 heteroatoms. The van der Waals surface area contributed by atoms with Crippen molar-refractivity contribution in [3.05, 3.63) is 34.9 Å². The van der Waals surface area contributed by atoms with Crippen LogP contribution in [0.4, 0.5) is 0 Å². The quantitative estimate of drug-likeness (QED) is 0.764. The number of hydrogen-bond acceptors (Lipinski definition) is 5. The van der Waals surface area contributed by atoms with Gasteiger partial charge in [0.15, 0.2) is 11.7 Å². The average molecular weight is 306 g/mol. The van der Waals surface area contributed by atoms with Gasteiger partial charge in [0.05, 0.1) is 13.2 Å². The molecule has 0 saturated carbocycles. The lowest BCUT2D eigenvalue weighted by atomic mass is 10.2. The molecule has 116 valence electrons. The highest BCUT2D eigenvalue weighted by molar-refractivity contribution is 5.83. The molecule has 1 atom stereocenters. The van der Waals surface area contributed by atoms with Crippen LogP contribution < -0.4 is 5.69 Å². The molecule has 22 heavy (non-hydrogen) atoms. The van der Waals surface area contributed by atoms with Crippen LogP contribution in [-0.2, 0) is 20.9 Å². The van der Waals surface area contributed by atoms with Crippen LogP contribution in [0.5, 0.6) is 0 Å². The van der Waals surface area contributed by atoms with Crippen LogP contribution in [0.1, 0.15) is 0 Å².